The summed E-state index contributed by atoms with van der Waals surface area (Å²) >= 11 is 0. The lowest BCUT2D eigenvalue weighted by Gasteiger charge is -2.19. The fraction of sp³-hybridized carbons (Fsp3) is 0.750. The van der Waals surface area contributed by atoms with Gasteiger partial charge in [0.2, 0.25) is 11.8 Å². The summed E-state index contributed by atoms with van der Waals surface area (Å²) in [5, 5.41) is 5.91. The molecule has 0 unspecified atom stereocenters. The molecule has 0 aliphatic heterocycles. The molecule has 0 atom stereocenters. The van der Waals surface area contributed by atoms with Gasteiger partial charge < -0.3 is 0 Å². The van der Waals surface area contributed by atoms with Gasteiger partial charge in [0.15, 0.2) is 0 Å². The molecular formula is C8H12N6O2. The predicted molar refractivity (Wildman–Crippen MR) is 55.9 cm³/mol. The van der Waals surface area contributed by atoms with Crippen molar-refractivity contribution in [2.24, 2.45) is 15.6 Å². The van der Waals surface area contributed by atoms with E-state index in [4.69, 9.17) is 11.1 Å². The van der Waals surface area contributed by atoms with Crippen LogP contribution in [0.2, 0.25) is 0 Å². The minimum absolute atomic E-state index is 0.0804. The van der Waals surface area contributed by atoms with Gasteiger partial charge in [-0.15, -0.1) is 0 Å². The molecule has 0 N–H and O–H groups in total. The molecule has 86 valence electrons. The SMILES string of the molecule is CC(C)(CCCC(=O)N=[N+]=[N-])C(=O)N=[N+]=[N-]. The lowest BCUT2D eigenvalue weighted by Crippen LogP contribution is -2.22. The molecule has 0 aromatic carbocycles. The van der Waals surface area contributed by atoms with Crippen LogP contribution in [-0.2, 0) is 9.59 Å². The van der Waals surface area contributed by atoms with Crippen LogP contribution in [-0.4, -0.2) is 11.8 Å². The molecular weight excluding hydrogens is 212 g/mol. The summed E-state index contributed by atoms with van der Waals surface area (Å²) in [6.07, 6.45) is 0.867. The van der Waals surface area contributed by atoms with E-state index >= 15 is 0 Å². The van der Waals surface area contributed by atoms with Crippen LogP contribution < -0.4 is 0 Å². The van der Waals surface area contributed by atoms with Gasteiger partial charge in [0.1, 0.15) is 0 Å². The highest BCUT2D eigenvalue weighted by molar-refractivity contribution is 5.82. The summed E-state index contributed by atoms with van der Waals surface area (Å²) in [5.74, 6) is -1.12. The molecule has 0 bridgehead atoms. The number of azide groups is 2. The number of carbonyl (C=O) groups excluding carboxylic acids is 2. The first kappa shape index (κ1) is 14.0. The topological polar surface area (TPSA) is 132 Å². The van der Waals surface area contributed by atoms with E-state index in [1.54, 1.807) is 13.8 Å². The van der Waals surface area contributed by atoms with Gasteiger partial charge in [-0.1, -0.05) is 13.8 Å². The van der Waals surface area contributed by atoms with Crippen LogP contribution in [0.3, 0.4) is 0 Å². The molecule has 0 rings (SSSR count). The predicted octanol–water partition coefficient (Wildman–Crippen LogP) is 2.86. The zero-order chi connectivity index (χ0) is 12.6. The van der Waals surface area contributed by atoms with E-state index in [1.165, 1.54) is 0 Å². The van der Waals surface area contributed by atoms with E-state index in [-0.39, 0.29) is 6.42 Å². The first-order valence-corrected chi connectivity index (χ1v) is 4.61. The highest BCUT2D eigenvalue weighted by Gasteiger charge is 2.25. The van der Waals surface area contributed by atoms with E-state index in [0.29, 0.717) is 12.8 Å². The summed E-state index contributed by atoms with van der Waals surface area (Å²) < 4.78 is 0. The maximum Gasteiger partial charge on any atom is 0.224 e. The molecule has 0 aliphatic carbocycles. The van der Waals surface area contributed by atoms with Crippen LogP contribution in [0.25, 0.3) is 20.9 Å². The van der Waals surface area contributed by atoms with E-state index < -0.39 is 17.2 Å². The molecule has 16 heavy (non-hydrogen) atoms. The van der Waals surface area contributed by atoms with E-state index in [2.05, 4.69) is 20.1 Å². The van der Waals surface area contributed by atoms with Crippen LogP contribution in [0.4, 0.5) is 0 Å². The Morgan fingerprint density at radius 1 is 1.19 bits per heavy atom. The Bertz CT molecular complexity index is 376. The Hall–Kier alpha value is -2.04. The monoisotopic (exact) mass is 224 g/mol. The summed E-state index contributed by atoms with van der Waals surface area (Å²) in [7, 11) is 0. The van der Waals surface area contributed by atoms with Crippen LogP contribution in [0.1, 0.15) is 33.1 Å². The van der Waals surface area contributed by atoms with Crippen molar-refractivity contribution in [3.05, 3.63) is 20.9 Å². The smallest absolute Gasteiger partial charge is 0.224 e. The van der Waals surface area contributed by atoms with Gasteiger partial charge >= 0.3 is 0 Å². The fourth-order valence-electron chi connectivity index (χ4n) is 1.06. The second kappa shape index (κ2) is 6.44. The number of rotatable bonds is 5. The van der Waals surface area contributed by atoms with E-state index in [1.807, 2.05) is 0 Å². The molecule has 0 saturated carbocycles. The first-order chi connectivity index (χ1) is 7.44. The van der Waals surface area contributed by atoms with E-state index in [0.717, 1.165) is 0 Å². The van der Waals surface area contributed by atoms with E-state index in [9.17, 15) is 9.59 Å². The summed E-state index contributed by atoms with van der Waals surface area (Å²) in [6.45, 7) is 3.25. The zero-order valence-electron chi connectivity index (χ0n) is 9.12. The van der Waals surface area contributed by atoms with Crippen molar-refractivity contribution in [1.82, 2.24) is 0 Å². The Morgan fingerprint density at radius 2 is 1.75 bits per heavy atom. The fourth-order valence-corrected chi connectivity index (χ4v) is 1.06. The average molecular weight is 224 g/mol. The molecule has 0 heterocycles. The van der Waals surface area contributed by atoms with Gasteiger partial charge in [-0.3, -0.25) is 9.59 Å². The van der Waals surface area contributed by atoms with Crippen molar-refractivity contribution in [1.29, 1.82) is 0 Å². The molecule has 0 saturated heterocycles. The first-order valence-electron chi connectivity index (χ1n) is 4.61. The van der Waals surface area contributed by atoms with Gasteiger partial charge in [0, 0.05) is 21.7 Å². The normalized spacial score (nSPS) is 9.88. The van der Waals surface area contributed by atoms with Gasteiger partial charge in [-0.2, -0.15) is 0 Å². The molecule has 8 heteroatoms. The van der Waals surface area contributed by atoms with Gasteiger partial charge in [-0.05, 0) is 34.1 Å². The molecule has 0 aromatic heterocycles. The van der Waals surface area contributed by atoms with Crippen molar-refractivity contribution in [3.8, 4) is 0 Å². The number of amides is 2. The minimum Gasteiger partial charge on any atom is -0.293 e. The maximum atomic E-state index is 11.3. The minimum atomic E-state index is -0.803. The van der Waals surface area contributed by atoms with Crippen molar-refractivity contribution in [2.75, 3.05) is 0 Å². The lowest BCUT2D eigenvalue weighted by atomic mass is 9.86. The second-order valence-electron chi connectivity index (χ2n) is 3.82. The van der Waals surface area contributed by atoms with Gasteiger partial charge in [0.05, 0.1) is 0 Å². The molecule has 0 radical (unpaired) electrons. The van der Waals surface area contributed by atoms with Crippen LogP contribution in [0.15, 0.2) is 10.2 Å². The van der Waals surface area contributed by atoms with Crippen LogP contribution in [0, 0.1) is 5.41 Å². The summed E-state index contributed by atoms with van der Waals surface area (Å²) in [4.78, 5) is 26.9. The molecule has 0 fully saturated rings. The largest absolute Gasteiger partial charge is 0.293 e. The third kappa shape index (κ3) is 4.99. The number of hydrogen-bond donors (Lipinski definition) is 0. The highest BCUT2D eigenvalue weighted by atomic mass is 16.2. The zero-order valence-corrected chi connectivity index (χ0v) is 9.12. The molecule has 0 spiro atoms. The molecule has 0 aliphatic rings. The summed E-state index contributed by atoms with van der Waals surface area (Å²) in [6, 6.07) is 0. The number of carbonyl (C=O) groups is 2. The quantitative estimate of drug-likeness (QED) is 0.403. The third-order valence-corrected chi connectivity index (χ3v) is 2.06. The second-order valence-corrected chi connectivity index (χ2v) is 3.82. The van der Waals surface area contributed by atoms with Crippen molar-refractivity contribution >= 4 is 11.8 Å². The van der Waals surface area contributed by atoms with Crippen molar-refractivity contribution in [2.45, 2.75) is 33.1 Å². The van der Waals surface area contributed by atoms with Gasteiger partial charge in [-0.25, -0.2) is 0 Å². The molecule has 2 amide bonds. The molecule has 0 aromatic rings. The summed E-state index contributed by atoms with van der Waals surface area (Å²) in [5.41, 5.74) is 15.3. The Balaban J connectivity index is 4.19. The van der Waals surface area contributed by atoms with Crippen LogP contribution in [0.5, 0.6) is 0 Å². The van der Waals surface area contributed by atoms with Crippen molar-refractivity contribution in [3.63, 3.8) is 0 Å². The number of hydrogen-bond acceptors (Lipinski definition) is 2. The Kier molecular flexibility index (Phi) is 5.62. The van der Waals surface area contributed by atoms with Gasteiger partial charge in [0.25, 0.3) is 0 Å². The lowest BCUT2D eigenvalue weighted by molar-refractivity contribution is -0.126. The van der Waals surface area contributed by atoms with Crippen LogP contribution >= 0.6 is 0 Å². The third-order valence-electron chi connectivity index (χ3n) is 2.06. The number of nitrogens with zero attached hydrogens (tertiary/aromatic N) is 6. The average Bonchev–Trinajstić information content (AvgIpc) is 2.18. The Morgan fingerprint density at radius 3 is 2.25 bits per heavy atom. The molecule has 8 nitrogen and oxygen atoms in total. The Labute approximate surface area is 91.9 Å². The maximum absolute atomic E-state index is 11.3. The standard InChI is InChI=1S/C8H12N6O2/c1-8(2,7(16)12-14-10)5-3-4-6(15)11-13-9/h3-5H2,1-2H3. The highest BCUT2D eigenvalue weighted by Crippen LogP contribution is 2.25. The van der Waals surface area contributed by atoms with Crippen molar-refractivity contribution < 1.29 is 9.59 Å².